The molecule has 2 amide bonds. The lowest BCUT2D eigenvalue weighted by molar-refractivity contribution is -0.126. The van der Waals surface area contributed by atoms with Crippen LogP contribution in [0.3, 0.4) is 0 Å². The van der Waals surface area contributed by atoms with E-state index >= 15 is 0 Å². The highest BCUT2D eigenvalue weighted by atomic mass is 16.5. The van der Waals surface area contributed by atoms with Crippen LogP contribution in [-0.4, -0.2) is 43.5 Å². The topological polar surface area (TPSA) is 80.1 Å². The van der Waals surface area contributed by atoms with Crippen molar-refractivity contribution in [3.63, 3.8) is 0 Å². The molecule has 5 rings (SSSR count). The summed E-state index contributed by atoms with van der Waals surface area (Å²) in [5, 5.41) is 0.338. The second kappa shape index (κ2) is 7.46. The number of carbonyl (C=O) groups excluding carboxylic acids is 2. The molecule has 3 aromatic rings. The van der Waals surface area contributed by atoms with Crippen LogP contribution in [0.25, 0.3) is 11.0 Å². The van der Waals surface area contributed by atoms with Crippen LogP contribution in [0.1, 0.15) is 28.1 Å². The van der Waals surface area contributed by atoms with Gasteiger partial charge in [-0.3, -0.25) is 14.4 Å². The van der Waals surface area contributed by atoms with E-state index in [1.54, 1.807) is 48.4 Å². The lowest BCUT2D eigenvalue weighted by atomic mass is 9.84. The molecule has 3 heterocycles. The molecule has 0 saturated heterocycles. The Labute approximate surface area is 184 Å². The molecule has 1 atom stereocenters. The molecule has 0 fully saturated rings. The van der Waals surface area contributed by atoms with Crippen molar-refractivity contribution in [2.45, 2.75) is 12.0 Å². The van der Waals surface area contributed by atoms with Gasteiger partial charge in [-0.2, -0.15) is 0 Å². The normalized spacial score (nSPS) is 19.2. The molecule has 2 aliphatic heterocycles. The average molecular weight is 430 g/mol. The van der Waals surface area contributed by atoms with Crippen molar-refractivity contribution in [2.24, 2.45) is 0 Å². The number of benzene rings is 2. The van der Waals surface area contributed by atoms with Gasteiger partial charge in [0.05, 0.1) is 16.6 Å². The summed E-state index contributed by atoms with van der Waals surface area (Å²) in [5.41, 5.74) is -0.290. The molecule has 0 N–H and O–H groups in total. The molecule has 32 heavy (non-hydrogen) atoms. The summed E-state index contributed by atoms with van der Waals surface area (Å²) < 4.78 is 11.1. The zero-order valence-corrected chi connectivity index (χ0v) is 17.7. The fourth-order valence-corrected chi connectivity index (χ4v) is 4.91. The maximum Gasteiger partial charge on any atom is 0.291 e. The van der Waals surface area contributed by atoms with Crippen molar-refractivity contribution < 1.29 is 18.7 Å². The summed E-state index contributed by atoms with van der Waals surface area (Å²) in [5.74, 6) is -0.900. The highest BCUT2D eigenvalue weighted by molar-refractivity contribution is 6.17. The van der Waals surface area contributed by atoms with Gasteiger partial charge in [-0.15, -0.1) is 6.58 Å². The second-order valence-corrected chi connectivity index (χ2v) is 7.87. The minimum Gasteiger partial charge on any atom is -0.450 e. The number of nitrogens with zero attached hydrogens (tertiary/aromatic N) is 2. The van der Waals surface area contributed by atoms with Crippen molar-refractivity contribution in [3.05, 3.63) is 88.3 Å². The van der Waals surface area contributed by atoms with E-state index in [1.165, 1.54) is 4.90 Å². The largest absolute Gasteiger partial charge is 0.450 e. The first-order valence-corrected chi connectivity index (χ1v) is 10.5. The van der Waals surface area contributed by atoms with Crippen LogP contribution < -0.4 is 10.3 Å². The van der Waals surface area contributed by atoms with Gasteiger partial charge in [-0.1, -0.05) is 36.4 Å². The second-order valence-electron chi connectivity index (χ2n) is 7.87. The Kier molecular flexibility index (Phi) is 4.71. The lowest BCUT2D eigenvalue weighted by Gasteiger charge is -2.34. The maximum atomic E-state index is 14.1. The van der Waals surface area contributed by atoms with Gasteiger partial charge in [-0.05, 0) is 24.6 Å². The minimum absolute atomic E-state index is 0.0743. The monoisotopic (exact) mass is 430 g/mol. The SMILES string of the molecule is C=CCN1C(=O)[C@]2(c3ccccc31)c1c(oc3ccccc3c1=O)C(=O)N2CCCOC. The van der Waals surface area contributed by atoms with Crippen molar-refractivity contribution in [3.8, 4) is 0 Å². The Bertz CT molecular complexity index is 1330. The molecule has 1 spiro atoms. The first-order valence-electron chi connectivity index (χ1n) is 10.5. The number of rotatable bonds is 6. The number of hydrogen-bond acceptors (Lipinski definition) is 5. The van der Waals surface area contributed by atoms with Crippen molar-refractivity contribution in [1.82, 2.24) is 4.90 Å². The maximum absolute atomic E-state index is 14.1. The van der Waals surface area contributed by atoms with Crippen LogP contribution in [0.4, 0.5) is 5.69 Å². The number of para-hydroxylation sites is 2. The zero-order chi connectivity index (χ0) is 22.5. The van der Waals surface area contributed by atoms with Gasteiger partial charge in [0.15, 0.2) is 11.0 Å². The first kappa shape index (κ1) is 20.2. The molecule has 7 nitrogen and oxygen atoms in total. The number of anilines is 1. The Hall–Kier alpha value is -3.71. The predicted octanol–water partition coefficient (Wildman–Crippen LogP) is 3.06. The molecule has 0 radical (unpaired) electrons. The lowest BCUT2D eigenvalue weighted by Crippen LogP contribution is -2.53. The first-order chi connectivity index (χ1) is 15.6. The van der Waals surface area contributed by atoms with E-state index in [4.69, 9.17) is 9.15 Å². The summed E-state index contributed by atoms with van der Waals surface area (Å²) >= 11 is 0. The van der Waals surface area contributed by atoms with Gasteiger partial charge in [0.1, 0.15) is 5.58 Å². The van der Waals surface area contributed by atoms with E-state index in [-0.39, 0.29) is 35.7 Å². The van der Waals surface area contributed by atoms with Crippen LogP contribution in [0, 0.1) is 0 Å². The number of amides is 2. The highest BCUT2D eigenvalue weighted by Crippen LogP contribution is 2.52. The number of fused-ring (bicyclic) bond motifs is 5. The molecule has 0 bridgehead atoms. The van der Waals surface area contributed by atoms with Crippen LogP contribution >= 0.6 is 0 Å². The number of methoxy groups -OCH3 is 1. The fraction of sp³-hybridized carbons (Fsp3) is 0.240. The van der Waals surface area contributed by atoms with Gasteiger partial charge in [-0.25, -0.2) is 0 Å². The number of carbonyl (C=O) groups is 2. The zero-order valence-electron chi connectivity index (χ0n) is 17.7. The summed E-state index contributed by atoms with van der Waals surface area (Å²) in [6.07, 6.45) is 2.13. The molecular formula is C25H22N2O5. The third-order valence-corrected chi connectivity index (χ3v) is 6.19. The van der Waals surface area contributed by atoms with Crippen LogP contribution in [0.15, 0.2) is 70.4 Å². The summed E-state index contributed by atoms with van der Waals surface area (Å²) in [6.45, 7) is 4.67. The van der Waals surface area contributed by atoms with Gasteiger partial charge in [0.25, 0.3) is 11.8 Å². The van der Waals surface area contributed by atoms with Crippen LogP contribution in [0.5, 0.6) is 0 Å². The molecule has 0 unspecified atom stereocenters. The van der Waals surface area contributed by atoms with E-state index in [0.717, 1.165) is 0 Å². The summed E-state index contributed by atoms with van der Waals surface area (Å²) in [4.78, 5) is 44.5. The summed E-state index contributed by atoms with van der Waals surface area (Å²) in [6, 6.07) is 14.0. The quantitative estimate of drug-likeness (QED) is 0.444. The highest BCUT2D eigenvalue weighted by Gasteiger charge is 2.64. The molecule has 0 aliphatic carbocycles. The van der Waals surface area contributed by atoms with Crippen LogP contribution in [0.2, 0.25) is 0 Å². The van der Waals surface area contributed by atoms with Gasteiger partial charge < -0.3 is 19.0 Å². The van der Waals surface area contributed by atoms with E-state index < -0.39 is 11.4 Å². The Morgan fingerprint density at radius 2 is 1.84 bits per heavy atom. The van der Waals surface area contributed by atoms with E-state index in [2.05, 4.69) is 6.58 Å². The number of ether oxygens (including phenoxy) is 1. The van der Waals surface area contributed by atoms with Crippen molar-refractivity contribution >= 4 is 28.5 Å². The molecule has 7 heteroatoms. The van der Waals surface area contributed by atoms with E-state index in [0.29, 0.717) is 35.2 Å². The van der Waals surface area contributed by atoms with Gasteiger partial charge in [0.2, 0.25) is 5.76 Å². The molecule has 2 aliphatic rings. The molecule has 162 valence electrons. The van der Waals surface area contributed by atoms with Crippen LogP contribution in [-0.2, 0) is 15.1 Å². The predicted molar refractivity (Wildman–Crippen MR) is 120 cm³/mol. The standard InChI is InChI=1S/C25H22N2O5/c1-3-13-26-18-11-6-5-10-17(18)25(24(26)30)20-21(28)16-9-4-7-12-19(16)32-22(20)23(29)27(25)14-8-15-31-2/h3-7,9-12H,1,8,13-15H2,2H3/t25-/m0/s1. The van der Waals surface area contributed by atoms with Crippen molar-refractivity contribution in [1.29, 1.82) is 0 Å². The van der Waals surface area contributed by atoms with E-state index in [9.17, 15) is 14.4 Å². The average Bonchev–Trinajstić information content (AvgIpc) is 3.20. The number of hydrogen-bond donors (Lipinski definition) is 0. The fourth-order valence-electron chi connectivity index (χ4n) is 4.91. The molecule has 2 aromatic carbocycles. The molecule has 0 saturated carbocycles. The molecular weight excluding hydrogens is 408 g/mol. The van der Waals surface area contributed by atoms with Gasteiger partial charge >= 0.3 is 0 Å². The Morgan fingerprint density at radius 3 is 2.62 bits per heavy atom. The third kappa shape index (κ3) is 2.48. The van der Waals surface area contributed by atoms with E-state index in [1.807, 2.05) is 18.2 Å². The third-order valence-electron chi connectivity index (χ3n) is 6.19. The minimum atomic E-state index is -1.58. The Morgan fingerprint density at radius 1 is 1.09 bits per heavy atom. The summed E-state index contributed by atoms with van der Waals surface area (Å²) in [7, 11) is 1.58. The molecule has 1 aromatic heterocycles. The smallest absolute Gasteiger partial charge is 0.291 e. The Balaban J connectivity index is 1.86. The van der Waals surface area contributed by atoms with Gasteiger partial charge in [0, 0.05) is 32.4 Å². The van der Waals surface area contributed by atoms with Crippen molar-refractivity contribution in [2.75, 3.05) is 31.7 Å².